The van der Waals surface area contributed by atoms with Crippen LogP contribution in [0.5, 0.6) is 5.75 Å². The molecule has 0 aliphatic heterocycles. The predicted octanol–water partition coefficient (Wildman–Crippen LogP) is 2.30. The van der Waals surface area contributed by atoms with Crippen LogP contribution in [0.4, 0.5) is 0 Å². The first-order chi connectivity index (χ1) is 8.74. The highest BCUT2D eigenvalue weighted by Gasteiger charge is 2.24. The van der Waals surface area contributed by atoms with Gasteiger partial charge in [0.15, 0.2) is 0 Å². The third-order valence-corrected chi connectivity index (χ3v) is 3.62. The van der Waals surface area contributed by atoms with E-state index >= 15 is 0 Å². The molecular weight excluding hydrogens is 224 g/mol. The Balaban J connectivity index is 2.01. The summed E-state index contributed by atoms with van der Waals surface area (Å²) in [6.07, 6.45) is 2.81. The lowest BCUT2D eigenvalue weighted by Crippen LogP contribution is -2.32. The molecule has 1 aliphatic rings. The molecule has 1 saturated carbocycles. The van der Waals surface area contributed by atoms with Gasteiger partial charge in [0.2, 0.25) is 0 Å². The molecule has 0 amide bonds. The van der Waals surface area contributed by atoms with Crippen molar-refractivity contribution in [2.75, 3.05) is 34.3 Å². The fourth-order valence-corrected chi connectivity index (χ4v) is 2.43. The fourth-order valence-electron chi connectivity index (χ4n) is 2.43. The van der Waals surface area contributed by atoms with Crippen molar-refractivity contribution < 1.29 is 4.74 Å². The fraction of sp³-hybridized carbons (Fsp3) is 0.600. The van der Waals surface area contributed by atoms with Crippen LogP contribution >= 0.6 is 0 Å². The van der Waals surface area contributed by atoms with Crippen LogP contribution in [0.3, 0.4) is 0 Å². The van der Waals surface area contributed by atoms with Crippen molar-refractivity contribution in [3.05, 3.63) is 29.8 Å². The number of hydrogen-bond acceptors (Lipinski definition) is 3. The molecule has 1 fully saturated rings. The van der Waals surface area contributed by atoms with Gasteiger partial charge < -0.3 is 15.0 Å². The van der Waals surface area contributed by atoms with Gasteiger partial charge in [-0.3, -0.25) is 0 Å². The minimum absolute atomic E-state index is 0.324. The zero-order valence-corrected chi connectivity index (χ0v) is 11.6. The molecule has 1 unspecified atom stereocenters. The summed E-state index contributed by atoms with van der Waals surface area (Å²) in [6, 6.07) is 8.59. The smallest absolute Gasteiger partial charge is 0.123 e. The molecule has 1 aromatic rings. The third-order valence-electron chi connectivity index (χ3n) is 3.62. The molecule has 3 nitrogen and oxygen atoms in total. The number of hydrogen-bond donors (Lipinski definition) is 1. The van der Waals surface area contributed by atoms with Crippen LogP contribution in [0, 0.1) is 5.92 Å². The Kier molecular flexibility index (Phi) is 4.61. The lowest BCUT2D eigenvalue weighted by molar-refractivity contribution is 0.282. The standard InChI is InChI=1S/C15H24N2O/c1-16-14(11-17(2)10-12-8-9-12)13-6-4-5-7-15(13)18-3/h4-7,12,14,16H,8-11H2,1-3H3. The molecule has 18 heavy (non-hydrogen) atoms. The largest absolute Gasteiger partial charge is 0.496 e. The minimum atomic E-state index is 0.324. The molecule has 1 aliphatic carbocycles. The van der Waals surface area contributed by atoms with Crippen molar-refractivity contribution in [2.45, 2.75) is 18.9 Å². The predicted molar refractivity (Wildman–Crippen MR) is 75.0 cm³/mol. The second-order valence-electron chi connectivity index (χ2n) is 5.25. The third kappa shape index (κ3) is 3.47. The maximum atomic E-state index is 5.44. The van der Waals surface area contributed by atoms with Gasteiger partial charge in [0.05, 0.1) is 7.11 Å². The van der Waals surface area contributed by atoms with Gasteiger partial charge in [0, 0.05) is 24.7 Å². The van der Waals surface area contributed by atoms with Gasteiger partial charge in [0.1, 0.15) is 5.75 Å². The van der Waals surface area contributed by atoms with E-state index in [0.29, 0.717) is 6.04 Å². The molecule has 0 heterocycles. The molecule has 0 bridgehead atoms. The summed E-state index contributed by atoms with van der Waals surface area (Å²) in [5.41, 5.74) is 1.24. The summed E-state index contributed by atoms with van der Waals surface area (Å²) in [6.45, 7) is 2.24. The quantitative estimate of drug-likeness (QED) is 0.801. The second kappa shape index (κ2) is 6.21. The molecule has 0 aromatic heterocycles. The van der Waals surface area contributed by atoms with E-state index in [4.69, 9.17) is 4.74 Å². The number of likely N-dealkylation sites (N-methyl/N-ethyl adjacent to an activating group) is 2. The highest BCUT2D eigenvalue weighted by Crippen LogP contribution is 2.30. The molecule has 0 saturated heterocycles. The number of rotatable bonds is 7. The van der Waals surface area contributed by atoms with E-state index in [9.17, 15) is 0 Å². The van der Waals surface area contributed by atoms with E-state index in [0.717, 1.165) is 18.2 Å². The SMILES string of the molecule is CNC(CN(C)CC1CC1)c1ccccc1OC. The van der Waals surface area contributed by atoms with Crippen LogP contribution in [-0.4, -0.2) is 39.2 Å². The number of nitrogens with one attached hydrogen (secondary N) is 1. The highest BCUT2D eigenvalue weighted by molar-refractivity contribution is 5.36. The monoisotopic (exact) mass is 248 g/mol. The zero-order valence-electron chi connectivity index (χ0n) is 11.6. The van der Waals surface area contributed by atoms with Gasteiger partial charge in [0.25, 0.3) is 0 Å². The van der Waals surface area contributed by atoms with Crippen LogP contribution in [0.1, 0.15) is 24.4 Å². The van der Waals surface area contributed by atoms with Gasteiger partial charge in [-0.15, -0.1) is 0 Å². The van der Waals surface area contributed by atoms with Crippen LogP contribution in [0.2, 0.25) is 0 Å². The maximum Gasteiger partial charge on any atom is 0.123 e. The number of ether oxygens (including phenoxy) is 1. The number of para-hydroxylation sites is 1. The normalized spacial score (nSPS) is 16.9. The lowest BCUT2D eigenvalue weighted by atomic mass is 10.1. The number of benzene rings is 1. The molecule has 0 spiro atoms. The number of nitrogens with zero attached hydrogens (tertiary/aromatic N) is 1. The molecule has 1 N–H and O–H groups in total. The average molecular weight is 248 g/mol. The Morgan fingerprint density at radius 2 is 2.11 bits per heavy atom. The summed E-state index contributed by atoms with van der Waals surface area (Å²) in [5.74, 6) is 1.90. The van der Waals surface area contributed by atoms with Crippen molar-refractivity contribution in [3.8, 4) is 5.75 Å². The van der Waals surface area contributed by atoms with Crippen LogP contribution in [-0.2, 0) is 0 Å². The van der Waals surface area contributed by atoms with E-state index in [-0.39, 0.29) is 0 Å². The first-order valence-electron chi connectivity index (χ1n) is 6.73. The summed E-state index contributed by atoms with van der Waals surface area (Å²) in [4.78, 5) is 2.42. The second-order valence-corrected chi connectivity index (χ2v) is 5.25. The van der Waals surface area contributed by atoms with Gasteiger partial charge in [-0.05, 0) is 38.9 Å². The summed E-state index contributed by atoms with van der Waals surface area (Å²) < 4.78 is 5.44. The highest BCUT2D eigenvalue weighted by atomic mass is 16.5. The van der Waals surface area contributed by atoms with Gasteiger partial charge in [-0.2, -0.15) is 0 Å². The zero-order chi connectivity index (χ0) is 13.0. The average Bonchev–Trinajstić information content (AvgIpc) is 3.19. The molecule has 100 valence electrons. The molecule has 3 heteroatoms. The van der Waals surface area contributed by atoms with Crippen molar-refractivity contribution in [2.24, 2.45) is 5.92 Å². The van der Waals surface area contributed by atoms with Crippen molar-refractivity contribution >= 4 is 0 Å². The minimum Gasteiger partial charge on any atom is -0.496 e. The van der Waals surface area contributed by atoms with Crippen molar-refractivity contribution in [3.63, 3.8) is 0 Å². The Bertz CT molecular complexity index is 377. The summed E-state index contributed by atoms with van der Waals surface area (Å²) in [5, 5.41) is 3.40. The lowest BCUT2D eigenvalue weighted by Gasteiger charge is -2.25. The summed E-state index contributed by atoms with van der Waals surface area (Å²) in [7, 11) is 5.96. The Labute approximate surface area is 110 Å². The number of methoxy groups -OCH3 is 1. The maximum absolute atomic E-state index is 5.44. The van der Waals surface area contributed by atoms with Gasteiger partial charge in [-0.25, -0.2) is 0 Å². The van der Waals surface area contributed by atoms with Crippen LogP contribution < -0.4 is 10.1 Å². The Morgan fingerprint density at radius 1 is 1.39 bits per heavy atom. The topological polar surface area (TPSA) is 24.5 Å². The van der Waals surface area contributed by atoms with Crippen LogP contribution in [0.25, 0.3) is 0 Å². The van der Waals surface area contributed by atoms with Gasteiger partial charge >= 0.3 is 0 Å². The van der Waals surface area contributed by atoms with E-state index in [1.165, 1.54) is 24.9 Å². The molecule has 0 radical (unpaired) electrons. The van der Waals surface area contributed by atoms with E-state index in [2.05, 4.69) is 29.4 Å². The molecule has 1 atom stereocenters. The first kappa shape index (κ1) is 13.4. The van der Waals surface area contributed by atoms with E-state index in [1.807, 2.05) is 19.2 Å². The van der Waals surface area contributed by atoms with E-state index < -0.39 is 0 Å². The van der Waals surface area contributed by atoms with E-state index in [1.54, 1.807) is 7.11 Å². The van der Waals surface area contributed by atoms with Crippen molar-refractivity contribution in [1.82, 2.24) is 10.2 Å². The molecule has 2 rings (SSSR count). The van der Waals surface area contributed by atoms with Crippen LogP contribution in [0.15, 0.2) is 24.3 Å². The summed E-state index contributed by atoms with van der Waals surface area (Å²) >= 11 is 0. The van der Waals surface area contributed by atoms with Crippen molar-refractivity contribution in [1.29, 1.82) is 0 Å². The Morgan fingerprint density at radius 3 is 2.72 bits per heavy atom. The molecule has 1 aromatic carbocycles. The van der Waals surface area contributed by atoms with Gasteiger partial charge in [-0.1, -0.05) is 18.2 Å². The first-order valence-corrected chi connectivity index (χ1v) is 6.73. The molecular formula is C15H24N2O. The Hall–Kier alpha value is -1.06.